The monoisotopic (exact) mass is 392 g/mol. The van der Waals surface area contributed by atoms with Crippen molar-refractivity contribution in [3.63, 3.8) is 0 Å². The lowest BCUT2D eigenvalue weighted by Crippen LogP contribution is -2.29. The summed E-state index contributed by atoms with van der Waals surface area (Å²) in [6, 6.07) is 29.5. The van der Waals surface area contributed by atoms with Crippen molar-refractivity contribution in [3.05, 3.63) is 96.6 Å². The summed E-state index contributed by atoms with van der Waals surface area (Å²) in [7, 11) is -2.89. The minimum atomic E-state index is -2.89. The van der Waals surface area contributed by atoms with Crippen LogP contribution in [0.25, 0.3) is 0 Å². The van der Waals surface area contributed by atoms with Crippen molar-refractivity contribution < 1.29 is 14.0 Å². The minimum absolute atomic E-state index is 0.253. The van der Waals surface area contributed by atoms with Crippen LogP contribution in [-0.2, 0) is 14.0 Å². The molecule has 0 spiro atoms. The number of benzene rings is 3. The van der Waals surface area contributed by atoms with E-state index in [9.17, 15) is 4.57 Å². The topological polar surface area (TPSA) is 35.5 Å². The molecule has 1 fully saturated rings. The highest BCUT2D eigenvalue weighted by Gasteiger charge is 2.45. The Morgan fingerprint density at radius 2 is 1.21 bits per heavy atom. The zero-order chi connectivity index (χ0) is 19.6. The van der Waals surface area contributed by atoms with Crippen LogP contribution in [0.4, 0.5) is 0 Å². The quantitative estimate of drug-likeness (QED) is 0.580. The first kappa shape index (κ1) is 19.1. The third-order valence-electron chi connectivity index (χ3n) is 5.10. The molecule has 1 aliphatic heterocycles. The Balaban J connectivity index is 1.75. The van der Waals surface area contributed by atoms with E-state index in [0.29, 0.717) is 6.16 Å². The van der Waals surface area contributed by atoms with Gasteiger partial charge in [-0.2, -0.15) is 0 Å². The van der Waals surface area contributed by atoms with Gasteiger partial charge in [0.25, 0.3) is 0 Å². The first-order valence-electron chi connectivity index (χ1n) is 9.59. The maximum absolute atomic E-state index is 14.4. The molecule has 4 rings (SSSR count). The number of rotatable bonds is 5. The van der Waals surface area contributed by atoms with Gasteiger partial charge in [0.05, 0.1) is 6.10 Å². The number of hydrogen-bond donors (Lipinski definition) is 0. The van der Waals surface area contributed by atoms with E-state index in [1.807, 2.05) is 105 Å². The SMILES string of the molecule is CC1(C)O[C@H](CP(=O)(c2ccccc2)c2ccccc2)[C@H](c2ccccc2)O1. The van der Waals surface area contributed by atoms with Crippen molar-refractivity contribution in [2.24, 2.45) is 0 Å². The average Bonchev–Trinajstić information content (AvgIpc) is 3.04. The minimum Gasteiger partial charge on any atom is -0.344 e. The van der Waals surface area contributed by atoms with Crippen molar-refractivity contribution in [1.82, 2.24) is 0 Å². The first-order valence-corrected chi connectivity index (χ1v) is 11.5. The fourth-order valence-corrected chi connectivity index (χ4v) is 6.65. The normalized spacial score (nSPS) is 21.5. The van der Waals surface area contributed by atoms with Crippen LogP contribution >= 0.6 is 7.14 Å². The zero-order valence-electron chi connectivity index (χ0n) is 16.2. The lowest BCUT2D eigenvalue weighted by molar-refractivity contribution is -0.145. The average molecular weight is 392 g/mol. The molecule has 1 aliphatic rings. The van der Waals surface area contributed by atoms with Gasteiger partial charge in [0.15, 0.2) is 5.79 Å². The Labute approximate surface area is 166 Å². The molecule has 0 bridgehead atoms. The maximum atomic E-state index is 14.4. The highest BCUT2D eigenvalue weighted by Crippen LogP contribution is 2.49. The Morgan fingerprint density at radius 3 is 1.71 bits per heavy atom. The largest absolute Gasteiger partial charge is 0.344 e. The van der Waals surface area contributed by atoms with E-state index >= 15 is 0 Å². The van der Waals surface area contributed by atoms with Crippen LogP contribution in [0.15, 0.2) is 91.0 Å². The molecule has 0 radical (unpaired) electrons. The fraction of sp³-hybridized carbons (Fsp3) is 0.250. The zero-order valence-corrected chi connectivity index (χ0v) is 17.1. The van der Waals surface area contributed by atoms with E-state index in [1.165, 1.54) is 0 Å². The lowest BCUT2D eigenvalue weighted by atomic mass is 10.1. The molecule has 1 heterocycles. The van der Waals surface area contributed by atoms with Gasteiger partial charge in [0.2, 0.25) is 0 Å². The van der Waals surface area contributed by atoms with Gasteiger partial charge < -0.3 is 14.0 Å². The van der Waals surface area contributed by atoms with Crippen LogP contribution in [-0.4, -0.2) is 18.1 Å². The molecule has 4 heteroatoms. The predicted octanol–water partition coefficient (Wildman–Crippen LogP) is 4.89. The molecule has 1 saturated heterocycles. The summed E-state index contributed by atoms with van der Waals surface area (Å²) in [5.41, 5.74) is 1.05. The van der Waals surface area contributed by atoms with Gasteiger partial charge in [-0.25, -0.2) is 0 Å². The molecule has 0 aromatic heterocycles. The second-order valence-electron chi connectivity index (χ2n) is 7.60. The van der Waals surface area contributed by atoms with Gasteiger partial charge in [-0.15, -0.1) is 0 Å². The molecule has 0 saturated carbocycles. The summed E-state index contributed by atoms with van der Waals surface area (Å²) in [4.78, 5) is 0. The van der Waals surface area contributed by atoms with Gasteiger partial charge in [-0.3, -0.25) is 0 Å². The van der Waals surface area contributed by atoms with Crippen molar-refractivity contribution in [1.29, 1.82) is 0 Å². The van der Waals surface area contributed by atoms with Crippen molar-refractivity contribution >= 4 is 17.8 Å². The van der Waals surface area contributed by atoms with Gasteiger partial charge in [0.1, 0.15) is 13.2 Å². The lowest BCUT2D eigenvalue weighted by Gasteiger charge is -2.25. The van der Waals surface area contributed by atoms with Crippen LogP contribution in [0.2, 0.25) is 0 Å². The molecule has 3 aromatic rings. The highest BCUT2D eigenvalue weighted by molar-refractivity contribution is 7.78. The highest BCUT2D eigenvalue weighted by atomic mass is 31.2. The molecule has 0 aliphatic carbocycles. The summed E-state index contributed by atoms with van der Waals surface area (Å²) in [6.07, 6.45) is -0.162. The van der Waals surface area contributed by atoms with E-state index in [1.54, 1.807) is 0 Å². The summed E-state index contributed by atoms with van der Waals surface area (Å²) in [6.45, 7) is 3.83. The third kappa shape index (κ3) is 3.84. The summed E-state index contributed by atoms with van der Waals surface area (Å²) < 4.78 is 26.9. The van der Waals surface area contributed by atoms with Gasteiger partial charge >= 0.3 is 0 Å². The molecular weight excluding hydrogens is 367 g/mol. The molecule has 0 amide bonds. The van der Waals surface area contributed by atoms with E-state index in [2.05, 4.69) is 0 Å². The third-order valence-corrected chi connectivity index (χ3v) is 8.23. The van der Waals surface area contributed by atoms with Crippen LogP contribution in [0.5, 0.6) is 0 Å². The standard InChI is InChI=1S/C24H25O3P/c1-24(2)26-22(23(27-24)19-12-6-3-7-13-19)18-28(25,20-14-8-4-9-15-20)21-16-10-5-11-17-21/h3-17,22-23H,18H2,1-2H3/t22-,23+/m1/s1. The van der Waals surface area contributed by atoms with Gasteiger partial charge in [0, 0.05) is 16.8 Å². The van der Waals surface area contributed by atoms with E-state index in [4.69, 9.17) is 9.47 Å². The van der Waals surface area contributed by atoms with Crippen LogP contribution in [0, 0.1) is 0 Å². The van der Waals surface area contributed by atoms with Gasteiger partial charge in [-0.05, 0) is 19.4 Å². The Morgan fingerprint density at radius 1 is 0.750 bits per heavy atom. The first-order chi connectivity index (χ1) is 13.5. The van der Waals surface area contributed by atoms with Crippen molar-refractivity contribution in [2.75, 3.05) is 6.16 Å². The molecule has 0 N–H and O–H groups in total. The van der Waals surface area contributed by atoms with Crippen LogP contribution in [0.3, 0.4) is 0 Å². The van der Waals surface area contributed by atoms with Crippen LogP contribution in [0.1, 0.15) is 25.5 Å². The van der Waals surface area contributed by atoms with E-state index < -0.39 is 12.9 Å². The van der Waals surface area contributed by atoms with Crippen molar-refractivity contribution in [3.8, 4) is 0 Å². The molecule has 28 heavy (non-hydrogen) atoms. The Bertz CT molecular complexity index is 911. The smallest absolute Gasteiger partial charge is 0.164 e. The predicted molar refractivity (Wildman–Crippen MR) is 114 cm³/mol. The van der Waals surface area contributed by atoms with Gasteiger partial charge in [-0.1, -0.05) is 91.0 Å². The fourth-order valence-electron chi connectivity index (χ4n) is 3.85. The molecule has 2 atom stereocenters. The second-order valence-corrected chi connectivity index (χ2v) is 10.5. The van der Waals surface area contributed by atoms with E-state index in [-0.39, 0.29) is 12.2 Å². The molecular formula is C24H25O3P. The van der Waals surface area contributed by atoms with Crippen LogP contribution < -0.4 is 10.6 Å². The Kier molecular flexibility index (Phi) is 5.25. The molecule has 144 valence electrons. The number of ether oxygens (including phenoxy) is 2. The van der Waals surface area contributed by atoms with E-state index in [0.717, 1.165) is 16.2 Å². The second kappa shape index (κ2) is 7.67. The Hall–Kier alpha value is -2.19. The molecule has 0 unspecified atom stereocenters. The number of hydrogen-bond acceptors (Lipinski definition) is 3. The molecule has 3 aromatic carbocycles. The summed E-state index contributed by atoms with van der Waals surface area (Å²) in [5, 5.41) is 1.70. The van der Waals surface area contributed by atoms with Crippen molar-refractivity contribution in [2.45, 2.75) is 31.8 Å². The summed E-state index contributed by atoms with van der Waals surface area (Å²) in [5.74, 6) is -0.719. The maximum Gasteiger partial charge on any atom is 0.164 e. The molecule has 3 nitrogen and oxygen atoms in total. The summed E-state index contributed by atoms with van der Waals surface area (Å²) >= 11 is 0.